The number of methoxy groups -OCH3 is 1. The van der Waals surface area contributed by atoms with Gasteiger partial charge in [-0.05, 0) is 32.6 Å². The maximum atomic E-state index is 12.9. The maximum Gasteiger partial charge on any atom is 0.259 e. The second-order valence-electron chi connectivity index (χ2n) is 6.15. The highest BCUT2D eigenvalue weighted by molar-refractivity contribution is 5.96. The van der Waals surface area contributed by atoms with Crippen LogP contribution in [0.5, 0.6) is 0 Å². The molecular formula is C16H26N2O4. The fraction of sp³-hybridized carbons (Fsp3) is 0.750. The first-order valence-corrected chi connectivity index (χ1v) is 7.91. The van der Waals surface area contributed by atoms with Crippen LogP contribution in [0.2, 0.25) is 0 Å². The molecule has 22 heavy (non-hydrogen) atoms. The molecule has 1 saturated heterocycles. The summed E-state index contributed by atoms with van der Waals surface area (Å²) in [6, 6.07) is 0. The van der Waals surface area contributed by atoms with E-state index in [0.29, 0.717) is 43.1 Å². The molecule has 1 N–H and O–H groups in total. The van der Waals surface area contributed by atoms with E-state index in [9.17, 15) is 9.90 Å². The molecule has 0 radical (unpaired) electrons. The number of rotatable bonds is 6. The number of aromatic nitrogens is 1. The zero-order valence-corrected chi connectivity index (χ0v) is 13.7. The lowest BCUT2D eigenvalue weighted by atomic mass is 9.78. The normalized spacial score (nSPS) is 22.1. The Hall–Kier alpha value is -1.40. The summed E-state index contributed by atoms with van der Waals surface area (Å²) in [4.78, 5) is 14.7. The van der Waals surface area contributed by atoms with Gasteiger partial charge in [-0.25, -0.2) is 0 Å². The van der Waals surface area contributed by atoms with E-state index in [4.69, 9.17) is 9.26 Å². The standard InChI is InChI=1S/C16H26N2O4/c1-4-13-14(12(2)22-17-13)15(20)18-8-5-6-16(10-18,11-19)7-9-21-3/h19H,4-11H2,1-3H3/t16-/m0/s1. The Labute approximate surface area is 131 Å². The van der Waals surface area contributed by atoms with Crippen LogP contribution in [0.3, 0.4) is 0 Å². The Morgan fingerprint density at radius 3 is 2.95 bits per heavy atom. The van der Waals surface area contributed by atoms with Crippen molar-refractivity contribution in [2.24, 2.45) is 5.41 Å². The van der Waals surface area contributed by atoms with Crippen LogP contribution in [0.25, 0.3) is 0 Å². The predicted molar refractivity (Wildman–Crippen MR) is 81.8 cm³/mol. The molecule has 1 aromatic heterocycles. The molecule has 1 atom stereocenters. The number of likely N-dealkylation sites (tertiary alicyclic amines) is 1. The Kier molecular flexibility index (Phi) is 5.58. The molecule has 0 saturated carbocycles. The van der Waals surface area contributed by atoms with Crippen LogP contribution in [0.15, 0.2) is 4.52 Å². The van der Waals surface area contributed by atoms with Crippen molar-refractivity contribution in [1.29, 1.82) is 0 Å². The minimum Gasteiger partial charge on any atom is -0.396 e. The summed E-state index contributed by atoms with van der Waals surface area (Å²) in [6.07, 6.45) is 3.23. The first-order valence-electron chi connectivity index (χ1n) is 7.91. The SMILES string of the molecule is CCc1noc(C)c1C(=O)N1CCC[C@](CO)(CCOC)C1. The number of carbonyl (C=O) groups is 1. The second kappa shape index (κ2) is 7.24. The monoisotopic (exact) mass is 310 g/mol. The second-order valence-corrected chi connectivity index (χ2v) is 6.15. The van der Waals surface area contributed by atoms with E-state index in [1.807, 2.05) is 11.8 Å². The Morgan fingerprint density at radius 1 is 1.55 bits per heavy atom. The lowest BCUT2D eigenvalue weighted by Gasteiger charge is -2.41. The highest BCUT2D eigenvalue weighted by Crippen LogP contribution is 2.34. The van der Waals surface area contributed by atoms with E-state index >= 15 is 0 Å². The highest BCUT2D eigenvalue weighted by atomic mass is 16.5. The van der Waals surface area contributed by atoms with Crippen LogP contribution in [0, 0.1) is 12.3 Å². The molecule has 2 heterocycles. The molecule has 0 aliphatic carbocycles. The first-order chi connectivity index (χ1) is 10.6. The number of hydrogen-bond acceptors (Lipinski definition) is 5. The number of ether oxygens (including phenoxy) is 1. The van der Waals surface area contributed by atoms with Gasteiger partial charge in [-0.3, -0.25) is 4.79 Å². The van der Waals surface area contributed by atoms with Crippen molar-refractivity contribution >= 4 is 5.91 Å². The number of hydrogen-bond donors (Lipinski definition) is 1. The van der Waals surface area contributed by atoms with Crippen molar-refractivity contribution in [3.8, 4) is 0 Å². The molecule has 124 valence electrons. The van der Waals surface area contributed by atoms with Crippen molar-refractivity contribution < 1.29 is 19.2 Å². The number of piperidine rings is 1. The van der Waals surface area contributed by atoms with Gasteiger partial charge in [0.15, 0.2) is 0 Å². The topological polar surface area (TPSA) is 75.8 Å². The van der Waals surface area contributed by atoms with Crippen molar-refractivity contribution in [2.75, 3.05) is 33.4 Å². The quantitative estimate of drug-likeness (QED) is 0.867. The molecule has 1 amide bonds. The predicted octanol–water partition coefficient (Wildman–Crippen LogP) is 1.80. The van der Waals surface area contributed by atoms with Crippen LogP contribution in [-0.4, -0.2) is 54.5 Å². The minimum atomic E-state index is -0.263. The third-order valence-corrected chi connectivity index (χ3v) is 4.60. The van der Waals surface area contributed by atoms with Crippen molar-refractivity contribution in [3.63, 3.8) is 0 Å². The zero-order valence-electron chi connectivity index (χ0n) is 13.7. The Balaban J connectivity index is 2.17. The molecule has 0 bridgehead atoms. The molecule has 1 aliphatic heterocycles. The van der Waals surface area contributed by atoms with E-state index < -0.39 is 0 Å². The number of aliphatic hydroxyl groups is 1. The van der Waals surface area contributed by atoms with Gasteiger partial charge in [-0.2, -0.15) is 0 Å². The summed E-state index contributed by atoms with van der Waals surface area (Å²) >= 11 is 0. The average Bonchev–Trinajstić information content (AvgIpc) is 2.93. The van der Waals surface area contributed by atoms with Crippen molar-refractivity contribution in [1.82, 2.24) is 10.1 Å². The minimum absolute atomic E-state index is 0.0365. The molecule has 0 unspecified atom stereocenters. The van der Waals surface area contributed by atoms with Gasteiger partial charge in [-0.15, -0.1) is 0 Å². The molecule has 0 spiro atoms. The zero-order chi connectivity index (χ0) is 16.2. The molecule has 1 fully saturated rings. The van der Waals surface area contributed by atoms with Crippen molar-refractivity contribution in [2.45, 2.75) is 39.5 Å². The Morgan fingerprint density at radius 2 is 2.32 bits per heavy atom. The number of amides is 1. The van der Waals surface area contributed by atoms with Crippen LogP contribution in [-0.2, 0) is 11.2 Å². The molecule has 0 aromatic carbocycles. The van der Waals surface area contributed by atoms with E-state index in [2.05, 4.69) is 5.16 Å². The number of aryl methyl sites for hydroxylation is 2. The summed E-state index contributed by atoms with van der Waals surface area (Å²) in [5.74, 6) is 0.532. The van der Waals surface area contributed by atoms with Gasteiger partial charge in [0.25, 0.3) is 5.91 Å². The molecule has 6 heteroatoms. The van der Waals surface area contributed by atoms with Crippen LogP contribution in [0.4, 0.5) is 0 Å². The molecule has 1 aliphatic rings. The third-order valence-electron chi connectivity index (χ3n) is 4.60. The van der Waals surface area contributed by atoms with Gasteiger partial charge in [-0.1, -0.05) is 12.1 Å². The van der Waals surface area contributed by atoms with E-state index in [0.717, 1.165) is 19.3 Å². The summed E-state index contributed by atoms with van der Waals surface area (Å²) in [7, 11) is 1.66. The van der Waals surface area contributed by atoms with Crippen molar-refractivity contribution in [3.05, 3.63) is 17.0 Å². The summed E-state index contributed by atoms with van der Waals surface area (Å²) in [5.41, 5.74) is 1.03. The average molecular weight is 310 g/mol. The molecule has 6 nitrogen and oxygen atoms in total. The smallest absolute Gasteiger partial charge is 0.259 e. The Bertz CT molecular complexity index is 514. The summed E-state index contributed by atoms with van der Waals surface area (Å²) in [6.45, 7) is 5.66. The van der Waals surface area contributed by atoms with Gasteiger partial charge in [0, 0.05) is 32.2 Å². The third kappa shape index (κ3) is 3.33. The van der Waals surface area contributed by atoms with Crippen LogP contribution >= 0.6 is 0 Å². The fourth-order valence-corrected chi connectivity index (χ4v) is 3.20. The number of aliphatic hydroxyl groups excluding tert-OH is 1. The van der Waals surface area contributed by atoms with Gasteiger partial charge < -0.3 is 19.3 Å². The largest absolute Gasteiger partial charge is 0.396 e. The lowest BCUT2D eigenvalue weighted by Crippen LogP contribution is -2.48. The van der Waals surface area contributed by atoms with Gasteiger partial charge in [0.2, 0.25) is 0 Å². The number of nitrogens with zero attached hydrogens (tertiary/aromatic N) is 2. The van der Waals surface area contributed by atoms with E-state index in [-0.39, 0.29) is 17.9 Å². The van der Waals surface area contributed by atoms with Crippen LogP contribution in [0.1, 0.15) is 48.0 Å². The lowest BCUT2D eigenvalue weighted by molar-refractivity contribution is 0.00887. The van der Waals surface area contributed by atoms with Gasteiger partial charge >= 0.3 is 0 Å². The van der Waals surface area contributed by atoms with Gasteiger partial charge in [0.05, 0.1) is 12.3 Å². The summed E-state index contributed by atoms with van der Waals surface area (Å²) < 4.78 is 10.3. The van der Waals surface area contributed by atoms with Gasteiger partial charge in [0.1, 0.15) is 11.3 Å². The van der Waals surface area contributed by atoms with Crippen LogP contribution < -0.4 is 0 Å². The number of carbonyl (C=O) groups excluding carboxylic acids is 1. The molecule has 1 aromatic rings. The summed E-state index contributed by atoms with van der Waals surface area (Å²) in [5, 5.41) is 13.8. The van der Waals surface area contributed by atoms with E-state index in [1.54, 1.807) is 14.0 Å². The first kappa shape index (κ1) is 17.0. The highest BCUT2D eigenvalue weighted by Gasteiger charge is 2.37. The molecule has 2 rings (SSSR count). The van der Waals surface area contributed by atoms with E-state index in [1.165, 1.54) is 0 Å². The maximum absolute atomic E-state index is 12.9. The fourth-order valence-electron chi connectivity index (χ4n) is 3.20. The molecular weight excluding hydrogens is 284 g/mol.